The van der Waals surface area contributed by atoms with Gasteiger partial charge in [0.25, 0.3) is 0 Å². The topological polar surface area (TPSA) is 29.5 Å². The molecule has 49 heavy (non-hydrogen) atoms. The highest BCUT2D eigenvalue weighted by atomic mass is 16.3. The van der Waals surface area contributed by atoms with Crippen molar-refractivity contribution < 1.29 is 8.83 Å². The summed E-state index contributed by atoms with van der Waals surface area (Å²) < 4.78 is 13.5. The van der Waals surface area contributed by atoms with E-state index in [2.05, 4.69) is 175 Å². The Kier molecular flexibility index (Phi) is 6.18. The van der Waals surface area contributed by atoms with Gasteiger partial charge in [0.05, 0.1) is 11.4 Å². The van der Waals surface area contributed by atoms with E-state index in [-0.39, 0.29) is 0 Å². The minimum absolute atomic E-state index is 0.835. The zero-order valence-electron chi connectivity index (χ0n) is 26.5. The summed E-state index contributed by atoms with van der Waals surface area (Å²) in [7, 11) is 0. The van der Waals surface area contributed by atoms with E-state index in [4.69, 9.17) is 8.83 Å². The smallest absolute Gasteiger partial charge is 0.159 e. The zero-order chi connectivity index (χ0) is 32.3. The van der Waals surface area contributed by atoms with Crippen molar-refractivity contribution in [3.05, 3.63) is 176 Å². The van der Waals surface area contributed by atoms with E-state index in [0.29, 0.717) is 0 Å². The summed E-state index contributed by atoms with van der Waals surface area (Å²) in [5, 5.41) is 6.81. The van der Waals surface area contributed by atoms with E-state index in [1.165, 1.54) is 16.3 Å². The quantitative estimate of drug-likeness (QED) is 0.190. The predicted octanol–water partition coefficient (Wildman–Crippen LogP) is 13.4. The molecule has 0 aliphatic heterocycles. The van der Waals surface area contributed by atoms with Gasteiger partial charge in [-0.25, -0.2) is 0 Å². The summed E-state index contributed by atoms with van der Waals surface area (Å²) in [6.45, 7) is 0. The molecular weight excluding hydrogens is 599 g/mol. The molecule has 8 aromatic carbocycles. The second kappa shape index (κ2) is 11.0. The lowest BCUT2D eigenvalue weighted by molar-refractivity contribution is 0.668. The van der Waals surface area contributed by atoms with Crippen molar-refractivity contribution in [2.45, 2.75) is 0 Å². The van der Waals surface area contributed by atoms with E-state index < -0.39 is 0 Å². The van der Waals surface area contributed by atoms with E-state index in [9.17, 15) is 0 Å². The molecule has 0 N–H and O–H groups in total. The van der Waals surface area contributed by atoms with Crippen LogP contribution in [-0.4, -0.2) is 0 Å². The number of fused-ring (bicyclic) bond motifs is 8. The third kappa shape index (κ3) is 4.44. The molecule has 3 heteroatoms. The van der Waals surface area contributed by atoms with Crippen molar-refractivity contribution in [1.82, 2.24) is 0 Å². The number of para-hydroxylation sites is 2. The number of anilines is 3. The fourth-order valence-corrected chi connectivity index (χ4v) is 7.38. The van der Waals surface area contributed by atoms with Crippen LogP contribution >= 0.6 is 0 Å². The number of rotatable bonds is 5. The molecule has 0 bridgehead atoms. The molecule has 0 aliphatic carbocycles. The summed E-state index contributed by atoms with van der Waals surface area (Å²) >= 11 is 0. The molecule has 0 atom stereocenters. The van der Waals surface area contributed by atoms with Crippen molar-refractivity contribution in [1.29, 1.82) is 0 Å². The summed E-state index contributed by atoms with van der Waals surface area (Å²) in [6.07, 6.45) is 0. The largest absolute Gasteiger partial charge is 0.456 e. The Balaban J connectivity index is 1.23. The minimum Gasteiger partial charge on any atom is -0.456 e. The van der Waals surface area contributed by atoms with Crippen molar-refractivity contribution in [3.63, 3.8) is 0 Å². The first-order chi connectivity index (χ1) is 24.3. The lowest BCUT2D eigenvalue weighted by atomic mass is 10.0. The van der Waals surface area contributed by atoms with Crippen LogP contribution in [-0.2, 0) is 0 Å². The highest BCUT2D eigenvalue weighted by Crippen LogP contribution is 2.46. The van der Waals surface area contributed by atoms with Crippen LogP contribution in [0.25, 0.3) is 76.9 Å². The van der Waals surface area contributed by atoms with Crippen LogP contribution in [0.15, 0.2) is 185 Å². The van der Waals surface area contributed by atoms with Crippen LogP contribution in [0.5, 0.6) is 0 Å². The number of nitrogens with zero attached hydrogens (tertiary/aromatic N) is 1. The molecule has 0 spiro atoms. The Morgan fingerprint density at radius 3 is 1.90 bits per heavy atom. The second-order valence-electron chi connectivity index (χ2n) is 12.5. The molecule has 10 rings (SSSR count). The standard InChI is InChI=1S/C46H29NO2/c1-3-12-30(13-4-1)33-17-9-18-34(28-33)47(35-25-26-40-43(29-35)48-42-27-24-32-16-7-8-19-36(32)44(40)42)41-23-11-22-39-38-21-10-20-37(45(38)49-46(39)41)31-14-5-2-6-15-31/h1-29H. The van der Waals surface area contributed by atoms with Crippen LogP contribution in [0.4, 0.5) is 17.1 Å². The maximum Gasteiger partial charge on any atom is 0.159 e. The van der Waals surface area contributed by atoms with Gasteiger partial charge in [-0.15, -0.1) is 0 Å². The predicted molar refractivity (Wildman–Crippen MR) is 204 cm³/mol. The Bertz CT molecular complexity index is 2830. The van der Waals surface area contributed by atoms with Crippen LogP contribution in [0.1, 0.15) is 0 Å². The van der Waals surface area contributed by atoms with Gasteiger partial charge in [0.2, 0.25) is 0 Å². The van der Waals surface area contributed by atoms with Gasteiger partial charge in [-0.2, -0.15) is 0 Å². The lowest BCUT2D eigenvalue weighted by Gasteiger charge is -2.26. The molecule has 230 valence electrons. The maximum absolute atomic E-state index is 6.93. The highest BCUT2D eigenvalue weighted by molar-refractivity contribution is 6.19. The van der Waals surface area contributed by atoms with Gasteiger partial charge in [0, 0.05) is 38.9 Å². The van der Waals surface area contributed by atoms with E-state index in [1.807, 2.05) is 6.07 Å². The average molecular weight is 628 g/mol. The summed E-state index contributed by atoms with van der Waals surface area (Å²) in [6, 6.07) is 61.8. The molecule has 2 heterocycles. The van der Waals surface area contributed by atoms with Gasteiger partial charge in [0.15, 0.2) is 5.58 Å². The number of benzene rings is 8. The fraction of sp³-hybridized carbons (Fsp3) is 0. The van der Waals surface area contributed by atoms with Gasteiger partial charge in [0.1, 0.15) is 16.7 Å². The summed E-state index contributed by atoms with van der Waals surface area (Å²) in [5.41, 5.74) is 10.9. The van der Waals surface area contributed by atoms with Crippen LogP contribution < -0.4 is 4.90 Å². The van der Waals surface area contributed by atoms with Gasteiger partial charge >= 0.3 is 0 Å². The van der Waals surface area contributed by atoms with Gasteiger partial charge in [-0.3, -0.25) is 0 Å². The van der Waals surface area contributed by atoms with E-state index in [1.54, 1.807) is 0 Å². The molecule has 3 nitrogen and oxygen atoms in total. The van der Waals surface area contributed by atoms with Crippen molar-refractivity contribution >= 4 is 71.7 Å². The van der Waals surface area contributed by atoms with Gasteiger partial charge in [-0.05, 0) is 63.9 Å². The van der Waals surface area contributed by atoms with Crippen molar-refractivity contribution in [3.8, 4) is 22.3 Å². The first-order valence-electron chi connectivity index (χ1n) is 16.6. The van der Waals surface area contributed by atoms with E-state index >= 15 is 0 Å². The zero-order valence-corrected chi connectivity index (χ0v) is 26.5. The molecule has 0 aliphatic rings. The molecule has 2 aromatic heterocycles. The number of furan rings is 2. The molecule has 0 saturated heterocycles. The molecule has 0 amide bonds. The Morgan fingerprint density at radius 2 is 1.04 bits per heavy atom. The van der Waals surface area contributed by atoms with Crippen LogP contribution in [0.2, 0.25) is 0 Å². The third-order valence-electron chi connectivity index (χ3n) is 9.64. The Labute approximate surface area is 282 Å². The molecule has 0 radical (unpaired) electrons. The number of hydrogen-bond acceptors (Lipinski definition) is 3. The maximum atomic E-state index is 6.93. The lowest BCUT2D eigenvalue weighted by Crippen LogP contribution is -2.10. The van der Waals surface area contributed by atoms with E-state index in [0.717, 1.165) is 77.6 Å². The van der Waals surface area contributed by atoms with Crippen LogP contribution in [0.3, 0.4) is 0 Å². The summed E-state index contributed by atoms with van der Waals surface area (Å²) in [5.74, 6) is 0. The number of hydrogen-bond donors (Lipinski definition) is 0. The Hall–Kier alpha value is -6.58. The highest BCUT2D eigenvalue weighted by Gasteiger charge is 2.22. The van der Waals surface area contributed by atoms with Gasteiger partial charge < -0.3 is 13.7 Å². The minimum atomic E-state index is 0.835. The Morgan fingerprint density at radius 1 is 0.367 bits per heavy atom. The van der Waals surface area contributed by atoms with Gasteiger partial charge in [-0.1, -0.05) is 133 Å². The third-order valence-corrected chi connectivity index (χ3v) is 9.64. The normalized spacial score (nSPS) is 11.7. The molecule has 10 aromatic rings. The molecule has 0 fully saturated rings. The van der Waals surface area contributed by atoms with Crippen LogP contribution in [0, 0.1) is 0 Å². The first-order valence-corrected chi connectivity index (χ1v) is 16.6. The second-order valence-corrected chi connectivity index (χ2v) is 12.5. The van der Waals surface area contributed by atoms with Crippen molar-refractivity contribution in [2.75, 3.05) is 4.90 Å². The SMILES string of the molecule is c1ccc(-c2cccc(N(c3ccc4c(c3)oc3ccc5ccccc5c34)c3cccc4c3oc3c(-c5ccccc5)cccc34)c2)cc1. The fourth-order valence-electron chi connectivity index (χ4n) is 7.38. The first kappa shape index (κ1) is 27.5. The molecule has 0 saturated carbocycles. The van der Waals surface area contributed by atoms with Crippen molar-refractivity contribution in [2.24, 2.45) is 0 Å². The molecule has 0 unspecified atom stereocenters. The molecular formula is C46H29NO2. The monoisotopic (exact) mass is 627 g/mol. The summed E-state index contributed by atoms with van der Waals surface area (Å²) in [4.78, 5) is 2.30. The average Bonchev–Trinajstić information content (AvgIpc) is 3.75.